The summed E-state index contributed by atoms with van der Waals surface area (Å²) in [6.45, 7) is 0. The molecule has 0 spiro atoms. The monoisotopic (exact) mass is 306 g/mol. The lowest BCUT2D eigenvalue weighted by molar-refractivity contribution is 1.43. The third kappa shape index (κ3) is 2.98. The molecular weight excluding hydrogens is 304 g/mol. The third-order valence-electron chi connectivity index (χ3n) is 1.82. The molecule has 0 unspecified atom stereocenters. The highest BCUT2D eigenvalue weighted by Crippen LogP contribution is 2.31. The van der Waals surface area contributed by atoms with E-state index in [0.29, 0.717) is 10.2 Å². The fourth-order valence-electron chi connectivity index (χ4n) is 1.02. The number of nitrogens with one attached hydrogen (secondary N) is 1. The first-order valence-electron chi connectivity index (χ1n) is 4.29. The van der Waals surface area contributed by atoms with E-state index in [1.807, 2.05) is 6.07 Å². The average molecular weight is 308 g/mol. The van der Waals surface area contributed by atoms with Crippen molar-refractivity contribution in [2.75, 3.05) is 5.32 Å². The molecule has 0 bridgehead atoms. The number of halogens is 2. The summed E-state index contributed by atoms with van der Waals surface area (Å²) in [5.74, 6) is 0. The SMILES string of the molecule is N#CC(C#N)=CNc1ccc(Br)c(Cl)c1C#N. The van der Waals surface area contributed by atoms with Gasteiger partial charge in [-0.05, 0) is 28.1 Å². The van der Waals surface area contributed by atoms with Crippen LogP contribution in [0.15, 0.2) is 28.4 Å². The van der Waals surface area contributed by atoms with Gasteiger partial charge in [0.1, 0.15) is 23.8 Å². The van der Waals surface area contributed by atoms with Gasteiger partial charge in [0, 0.05) is 10.7 Å². The molecule has 0 saturated heterocycles. The van der Waals surface area contributed by atoms with Crippen LogP contribution in [0.1, 0.15) is 5.56 Å². The van der Waals surface area contributed by atoms with Gasteiger partial charge in [-0.3, -0.25) is 0 Å². The highest BCUT2D eigenvalue weighted by molar-refractivity contribution is 9.10. The van der Waals surface area contributed by atoms with Gasteiger partial charge in [-0.1, -0.05) is 11.6 Å². The largest absolute Gasteiger partial charge is 0.359 e. The molecule has 0 aliphatic carbocycles. The van der Waals surface area contributed by atoms with E-state index >= 15 is 0 Å². The van der Waals surface area contributed by atoms with Crippen LogP contribution in [-0.4, -0.2) is 0 Å². The number of allylic oxidation sites excluding steroid dienone is 1. The molecule has 4 nitrogen and oxygen atoms in total. The Labute approximate surface area is 111 Å². The van der Waals surface area contributed by atoms with Crippen molar-refractivity contribution in [3.05, 3.63) is 39.0 Å². The van der Waals surface area contributed by atoms with Crippen LogP contribution >= 0.6 is 27.5 Å². The number of rotatable bonds is 2. The van der Waals surface area contributed by atoms with E-state index < -0.39 is 0 Å². The number of benzene rings is 1. The minimum absolute atomic E-state index is 0.0899. The lowest BCUT2D eigenvalue weighted by Gasteiger charge is -2.06. The fourth-order valence-corrected chi connectivity index (χ4v) is 1.56. The van der Waals surface area contributed by atoms with Crippen molar-refractivity contribution >= 4 is 33.2 Å². The van der Waals surface area contributed by atoms with Crippen molar-refractivity contribution in [1.82, 2.24) is 0 Å². The van der Waals surface area contributed by atoms with Crippen molar-refractivity contribution in [1.29, 1.82) is 15.8 Å². The van der Waals surface area contributed by atoms with Gasteiger partial charge in [-0.15, -0.1) is 0 Å². The predicted molar refractivity (Wildman–Crippen MR) is 66.8 cm³/mol. The summed E-state index contributed by atoms with van der Waals surface area (Å²) in [5, 5.41) is 29.0. The number of nitriles is 3. The van der Waals surface area contributed by atoms with E-state index in [1.165, 1.54) is 6.20 Å². The van der Waals surface area contributed by atoms with Gasteiger partial charge in [0.05, 0.1) is 16.3 Å². The molecular formula is C11H4BrClN4. The topological polar surface area (TPSA) is 83.4 Å². The maximum atomic E-state index is 8.96. The quantitative estimate of drug-likeness (QED) is 0.849. The van der Waals surface area contributed by atoms with Crippen LogP contribution in [0, 0.1) is 34.0 Å². The maximum Gasteiger partial charge on any atom is 0.145 e. The van der Waals surface area contributed by atoms with E-state index in [9.17, 15) is 0 Å². The summed E-state index contributed by atoms with van der Waals surface area (Å²) < 4.78 is 0.603. The Morgan fingerprint density at radius 1 is 1.29 bits per heavy atom. The van der Waals surface area contributed by atoms with Crippen LogP contribution < -0.4 is 5.32 Å². The van der Waals surface area contributed by atoms with Crippen LogP contribution in [0.25, 0.3) is 0 Å². The van der Waals surface area contributed by atoms with Crippen molar-refractivity contribution in [2.24, 2.45) is 0 Å². The van der Waals surface area contributed by atoms with Crippen LogP contribution in [0.3, 0.4) is 0 Å². The summed E-state index contributed by atoms with van der Waals surface area (Å²) in [5.41, 5.74) is 0.587. The molecule has 0 radical (unpaired) electrons. The number of hydrogen-bond donors (Lipinski definition) is 1. The summed E-state index contributed by atoms with van der Waals surface area (Å²) >= 11 is 9.12. The van der Waals surface area contributed by atoms with Crippen molar-refractivity contribution < 1.29 is 0 Å². The molecule has 1 rings (SSSR count). The van der Waals surface area contributed by atoms with Gasteiger partial charge < -0.3 is 5.32 Å². The van der Waals surface area contributed by atoms with E-state index in [1.54, 1.807) is 24.3 Å². The zero-order valence-electron chi connectivity index (χ0n) is 8.33. The maximum absolute atomic E-state index is 8.96. The third-order valence-corrected chi connectivity index (χ3v) is 3.10. The molecule has 1 aromatic rings. The second kappa shape index (κ2) is 5.92. The number of anilines is 1. The van der Waals surface area contributed by atoms with Gasteiger partial charge in [0.15, 0.2) is 0 Å². The Kier molecular flexibility index (Phi) is 4.55. The van der Waals surface area contributed by atoms with E-state index in [-0.39, 0.29) is 16.2 Å². The standard InChI is InChI=1S/C11H4BrClN4/c12-9-1-2-10(8(5-16)11(9)13)17-6-7(3-14)4-15/h1-2,6,17H. The first-order chi connectivity index (χ1) is 8.13. The van der Waals surface area contributed by atoms with Crippen LogP contribution in [-0.2, 0) is 0 Å². The molecule has 1 aromatic carbocycles. The van der Waals surface area contributed by atoms with E-state index in [0.717, 1.165) is 0 Å². The molecule has 0 heterocycles. The summed E-state index contributed by atoms with van der Waals surface area (Å²) in [4.78, 5) is 0. The molecule has 0 aliphatic heterocycles. The first kappa shape index (κ1) is 13.1. The van der Waals surface area contributed by atoms with Gasteiger partial charge in [0.2, 0.25) is 0 Å². The van der Waals surface area contributed by atoms with Crippen LogP contribution in [0.4, 0.5) is 5.69 Å². The smallest absolute Gasteiger partial charge is 0.145 e. The molecule has 0 amide bonds. The van der Waals surface area contributed by atoms with Crippen molar-refractivity contribution in [2.45, 2.75) is 0 Å². The fraction of sp³-hybridized carbons (Fsp3) is 0. The molecule has 6 heteroatoms. The van der Waals surface area contributed by atoms with Crippen molar-refractivity contribution in [3.63, 3.8) is 0 Å². The van der Waals surface area contributed by atoms with Gasteiger partial charge >= 0.3 is 0 Å². The Morgan fingerprint density at radius 3 is 2.47 bits per heavy atom. The summed E-state index contributed by atoms with van der Waals surface area (Å²) in [6, 6.07) is 8.63. The van der Waals surface area contributed by atoms with Gasteiger partial charge in [0.25, 0.3) is 0 Å². The second-order valence-corrected chi connectivity index (χ2v) is 4.05. The number of nitrogens with zero attached hydrogens (tertiary/aromatic N) is 3. The number of hydrogen-bond acceptors (Lipinski definition) is 4. The van der Waals surface area contributed by atoms with Gasteiger partial charge in [-0.25, -0.2) is 0 Å². The Hall–Kier alpha value is -2.00. The zero-order chi connectivity index (χ0) is 12.8. The zero-order valence-corrected chi connectivity index (χ0v) is 10.7. The lowest BCUT2D eigenvalue weighted by atomic mass is 10.2. The lowest BCUT2D eigenvalue weighted by Crippen LogP contribution is -1.94. The molecule has 0 fully saturated rings. The Balaban J connectivity index is 3.16. The molecule has 0 saturated carbocycles. The minimum atomic E-state index is -0.0899. The minimum Gasteiger partial charge on any atom is -0.359 e. The molecule has 17 heavy (non-hydrogen) atoms. The Morgan fingerprint density at radius 2 is 1.94 bits per heavy atom. The first-order valence-corrected chi connectivity index (χ1v) is 5.46. The normalized spacial score (nSPS) is 8.41. The average Bonchev–Trinajstić information content (AvgIpc) is 2.35. The summed E-state index contributed by atoms with van der Waals surface area (Å²) in [6.07, 6.45) is 1.22. The van der Waals surface area contributed by atoms with Crippen LogP contribution in [0.2, 0.25) is 5.02 Å². The Bertz CT molecular complexity index is 586. The second-order valence-electron chi connectivity index (χ2n) is 2.82. The highest BCUT2D eigenvalue weighted by atomic mass is 79.9. The van der Waals surface area contributed by atoms with Crippen molar-refractivity contribution in [3.8, 4) is 18.2 Å². The van der Waals surface area contributed by atoms with E-state index in [2.05, 4.69) is 21.2 Å². The predicted octanol–water partition coefficient (Wildman–Crippen LogP) is 3.32. The molecule has 82 valence electrons. The summed E-state index contributed by atoms with van der Waals surface area (Å²) in [7, 11) is 0. The molecule has 0 atom stereocenters. The highest BCUT2D eigenvalue weighted by Gasteiger charge is 2.09. The molecule has 0 aliphatic rings. The van der Waals surface area contributed by atoms with Gasteiger partial charge in [-0.2, -0.15) is 15.8 Å². The molecule has 1 N–H and O–H groups in total. The molecule has 0 aromatic heterocycles. The van der Waals surface area contributed by atoms with E-state index in [4.69, 9.17) is 27.4 Å². The van der Waals surface area contributed by atoms with Crippen LogP contribution in [0.5, 0.6) is 0 Å².